The van der Waals surface area contributed by atoms with Gasteiger partial charge in [0.1, 0.15) is 12.1 Å². The smallest absolute Gasteiger partial charge is 0.329 e. The molecule has 0 spiro atoms. The molecule has 2 N–H and O–H groups in total. The van der Waals surface area contributed by atoms with Gasteiger partial charge < -0.3 is 15.2 Å². The first kappa shape index (κ1) is 12.9. The average Bonchev–Trinajstić information content (AvgIpc) is 2.04. The Morgan fingerprint density at radius 3 is 2.43 bits per heavy atom. The predicted molar refractivity (Wildman–Crippen MR) is 51.0 cm³/mol. The summed E-state index contributed by atoms with van der Waals surface area (Å²) in [5.41, 5.74) is -1.19. The van der Waals surface area contributed by atoms with Crippen LogP contribution in [0.3, 0.4) is 0 Å². The zero-order valence-corrected chi connectivity index (χ0v) is 8.79. The van der Waals surface area contributed by atoms with E-state index in [1.165, 1.54) is 14.0 Å². The van der Waals surface area contributed by atoms with Crippen LogP contribution < -0.4 is 5.32 Å². The first-order valence-corrected chi connectivity index (χ1v) is 4.49. The number of carboxylic acids is 1. The van der Waals surface area contributed by atoms with Crippen LogP contribution >= 0.6 is 0 Å². The molecule has 5 heteroatoms. The Morgan fingerprint density at radius 2 is 2.07 bits per heavy atom. The predicted octanol–water partition coefficient (Wildman–Crippen LogP) is 0.392. The molecule has 0 aliphatic carbocycles. The molecule has 0 aliphatic rings. The van der Waals surface area contributed by atoms with Gasteiger partial charge in [-0.25, -0.2) is 4.79 Å². The second-order valence-corrected chi connectivity index (χ2v) is 3.37. The molecule has 14 heavy (non-hydrogen) atoms. The number of amides is 1. The molecule has 0 rings (SSSR count). The van der Waals surface area contributed by atoms with Crippen molar-refractivity contribution in [3.63, 3.8) is 0 Å². The maximum Gasteiger partial charge on any atom is 0.329 e. The summed E-state index contributed by atoms with van der Waals surface area (Å²) < 4.78 is 4.60. The van der Waals surface area contributed by atoms with E-state index in [0.717, 1.165) is 0 Å². The number of methoxy groups -OCH3 is 1. The molecule has 0 bridgehead atoms. The molecule has 0 aromatic rings. The molecule has 0 saturated carbocycles. The Balaban J connectivity index is 4.36. The zero-order valence-electron chi connectivity index (χ0n) is 8.79. The van der Waals surface area contributed by atoms with Crippen LogP contribution in [-0.2, 0) is 14.3 Å². The van der Waals surface area contributed by atoms with Gasteiger partial charge in [-0.2, -0.15) is 0 Å². The van der Waals surface area contributed by atoms with Crippen molar-refractivity contribution < 1.29 is 19.4 Å². The van der Waals surface area contributed by atoms with Crippen LogP contribution in [0.4, 0.5) is 0 Å². The van der Waals surface area contributed by atoms with Gasteiger partial charge in [0.15, 0.2) is 0 Å². The standard InChI is InChI=1S/C9H17NO4/c1-4-5-9(2,8(12)13)10-7(11)6-14-3/h4-6H2,1-3H3,(H,10,11)(H,12,13). The molecule has 0 aromatic carbocycles. The maximum atomic E-state index is 11.1. The van der Waals surface area contributed by atoms with E-state index in [1.807, 2.05) is 6.92 Å². The Labute approximate surface area is 83.4 Å². The lowest BCUT2D eigenvalue weighted by Crippen LogP contribution is -2.53. The van der Waals surface area contributed by atoms with E-state index in [2.05, 4.69) is 10.1 Å². The van der Waals surface area contributed by atoms with Gasteiger partial charge in [0, 0.05) is 7.11 Å². The first-order valence-electron chi connectivity index (χ1n) is 4.49. The third-order valence-corrected chi connectivity index (χ3v) is 1.91. The van der Waals surface area contributed by atoms with Gasteiger partial charge in [0.05, 0.1) is 0 Å². The molecule has 0 radical (unpaired) electrons. The lowest BCUT2D eigenvalue weighted by atomic mass is 9.96. The van der Waals surface area contributed by atoms with E-state index in [4.69, 9.17) is 5.11 Å². The fraction of sp³-hybridized carbons (Fsp3) is 0.778. The minimum absolute atomic E-state index is 0.118. The minimum Gasteiger partial charge on any atom is -0.480 e. The third-order valence-electron chi connectivity index (χ3n) is 1.91. The molecule has 0 fully saturated rings. The summed E-state index contributed by atoms with van der Waals surface area (Å²) in [6.45, 7) is 3.24. The molecule has 1 unspecified atom stereocenters. The van der Waals surface area contributed by atoms with Crippen molar-refractivity contribution in [3.05, 3.63) is 0 Å². The van der Waals surface area contributed by atoms with Crippen LogP contribution in [-0.4, -0.2) is 36.2 Å². The Hall–Kier alpha value is -1.10. The van der Waals surface area contributed by atoms with Gasteiger partial charge >= 0.3 is 5.97 Å². The molecule has 0 aliphatic heterocycles. The van der Waals surface area contributed by atoms with Gasteiger partial charge in [0.25, 0.3) is 0 Å². The van der Waals surface area contributed by atoms with Crippen LogP contribution in [0.25, 0.3) is 0 Å². The van der Waals surface area contributed by atoms with Crippen molar-refractivity contribution >= 4 is 11.9 Å². The topological polar surface area (TPSA) is 75.6 Å². The van der Waals surface area contributed by atoms with Crippen molar-refractivity contribution in [2.45, 2.75) is 32.2 Å². The highest BCUT2D eigenvalue weighted by atomic mass is 16.5. The summed E-state index contributed by atoms with van der Waals surface area (Å²) >= 11 is 0. The first-order chi connectivity index (χ1) is 6.46. The largest absolute Gasteiger partial charge is 0.480 e. The Bertz CT molecular complexity index is 217. The lowest BCUT2D eigenvalue weighted by Gasteiger charge is -2.25. The average molecular weight is 203 g/mol. The number of rotatable bonds is 6. The minimum atomic E-state index is -1.19. The van der Waals surface area contributed by atoms with Crippen molar-refractivity contribution in [1.82, 2.24) is 5.32 Å². The number of carbonyl (C=O) groups is 2. The highest BCUT2D eigenvalue weighted by molar-refractivity contribution is 5.87. The van der Waals surface area contributed by atoms with Gasteiger partial charge in [-0.05, 0) is 13.3 Å². The number of hydrogen-bond donors (Lipinski definition) is 2. The van der Waals surface area contributed by atoms with Crippen LogP contribution in [0.15, 0.2) is 0 Å². The van der Waals surface area contributed by atoms with Crippen molar-refractivity contribution in [3.8, 4) is 0 Å². The van der Waals surface area contributed by atoms with E-state index in [1.54, 1.807) is 0 Å². The molecule has 1 atom stereocenters. The Morgan fingerprint density at radius 1 is 1.50 bits per heavy atom. The van der Waals surface area contributed by atoms with Gasteiger partial charge in [0.2, 0.25) is 5.91 Å². The fourth-order valence-electron chi connectivity index (χ4n) is 1.20. The third kappa shape index (κ3) is 3.74. The molecule has 1 amide bonds. The molecule has 0 saturated heterocycles. The van der Waals surface area contributed by atoms with Crippen LogP contribution in [0, 0.1) is 0 Å². The van der Waals surface area contributed by atoms with E-state index in [-0.39, 0.29) is 6.61 Å². The highest BCUT2D eigenvalue weighted by Crippen LogP contribution is 2.12. The quantitative estimate of drug-likeness (QED) is 0.655. The second-order valence-electron chi connectivity index (χ2n) is 3.37. The van der Waals surface area contributed by atoms with Crippen molar-refractivity contribution in [2.75, 3.05) is 13.7 Å². The van der Waals surface area contributed by atoms with E-state index < -0.39 is 17.4 Å². The number of ether oxygens (including phenoxy) is 1. The fourth-order valence-corrected chi connectivity index (χ4v) is 1.20. The molecule has 5 nitrogen and oxygen atoms in total. The molecular weight excluding hydrogens is 186 g/mol. The number of hydrogen-bond acceptors (Lipinski definition) is 3. The summed E-state index contributed by atoms with van der Waals surface area (Å²) in [4.78, 5) is 22.0. The van der Waals surface area contributed by atoms with E-state index in [0.29, 0.717) is 12.8 Å². The normalized spacial score (nSPS) is 14.5. The number of carboxylic acid groups (broad SMARTS) is 1. The molecule has 0 heterocycles. The van der Waals surface area contributed by atoms with Gasteiger partial charge in [-0.1, -0.05) is 13.3 Å². The SMILES string of the molecule is CCCC(C)(NC(=O)COC)C(=O)O. The summed E-state index contributed by atoms with van der Waals surface area (Å²) in [6.07, 6.45) is 1.09. The number of nitrogens with one attached hydrogen (secondary N) is 1. The van der Waals surface area contributed by atoms with Crippen molar-refractivity contribution in [1.29, 1.82) is 0 Å². The Kier molecular flexibility index (Phi) is 5.15. The highest BCUT2D eigenvalue weighted by Gasteiger charge is 2.33. The van der Waals surface area contributed by atoms with E-state index in [9.17, 15) is 9.59 Å². The number of carbonyl (C=O) groups excluding carboxylic acids is 1. The van der Waals surface area contributed by atoms with Crippen molar-refractivity contribution in [2.24, 2.45) is 0 Å². The monoisotopic (exact) mass is 203 g/mol. The molecule has 82 valence electrons. The lowest BCUT2D eigenvalue weighted by molar-refractivity contribution is -0.147. The number of aliphatic carboxylic acids is 1. The zero-order chi connectivity index (χ0) is 11.2. The summed E-state index contributed by atoms with van der Waals surface area (Å²) in [5, 5.41) is 11.4. The van der Waals surface area contributed by atoms with E-state index >= 15 is 0 Å². The molecule has 0 aromatic heterocycles. The van der Waals surface area contributed by atoms with Gasteiger partial charge in [-0.15, -0.1) is 0 Å². The summed E-state index contributed by atoms with van der Waals surface area (Å²) in [5.74, 6) is -1.44. The summed E-state index contributed by atoms with van der Waals surface area (Å²) in [6, 6.07) is 0. The summed E-state index contributed by atoms with van der Waals surface area (Å²) in [7, 11) is 1.39. The van der Waals surface area contributed by atoms with Crippen LogP contribution in [0.1, 0.15) is 26.7 Å². The van der Waals surface area contributed by atoms with Crippen LogP contribution in [0.2, 0.25) is 0 Å². The second kappa shape index (κ2) is 5.59. The van der Waals surface area contributed by atoms with Crippen LogP contribution in [0.5, 0.6) is 0 Å². The maximum absolute atomic E-state index is 11.1. The van der Waals surface area contributed by atoms with Gasteiger partial charge in [-0.3, -0.25) is 4.79 Å². The molecular formula is C9H17NO4.